The Morgan fingerprint density at radius 2 is 1.81 bits per heavy atom. The summed E-state index contributed by atoms with van der Waals surface area (Å²) in [6.45, 7) is 1.88. The van der Waals surface area contributed by atoms with E-state index in [4.69, 9.17) is 5.73 Å². The van der Waals surface area contributed by atoms with Crippen molar-refractivity contribution in [1.82, 2.24) is 0 Å². The third-order valence-electron chi connectivity index (χ3n) is 2.56. The third kappa shape index (κ3) is 2.11. The number of primary amides is 1. The molecule has 2 aromatic rings. The minimum Gasteiger partial charge on any atom is -0.366 e. The summed E-state index contributed by atoms with van der Waals surface area (Å²) < 4.78 is 0. The Hall–Kier alpha value is -2.09. The first-order chi connectivity index (χ1) is 7.66. The second-order valence-corrected chi connectivity index (χ2v) is 3.79. The molecule has 0 aliphatic heterocycles. The Morgan fingerprint density at radius 1 is 1.12 bits per heavy atom. The van der Waals surface area contributed by atoms with Gasteiger partial charge in [-0.25, -0.2) is 0 Å². The van der Waals surface area contributed by atoms with Crippen molar-refractivity contribution in [3.05, 3.63) is 54.1 Å². The molecule has 2 nitrogen and oxygen atoms in total. The summed E-state index contributed by atoms with van der Waals surface area (Å²) in [5.41, 5.74) is 7.04. The van der Waals surface area contributed by atoms with E-state index in [0.717, 1.165) is 16.5 Å². The van der Waals surface area contributed by atoms with Gasteiger partial charge in [0.15, 0.2) is 0 Å². The molecular weight excluding hydrogens is 198 g/mol. The molecule has 2 aromatic carbocycles. The molecule has 2 rings (SSSR count). The summed E-state index contributed by atoms with van der Waals surface area (Å²) in [6, 6.07) is 14.2. The molecule has 0 fully saturated rings. The highest BCUT2D eigenvalue weighted by Gasteiger charge is 1.99. The molecule has 0 saturated carbocycles. The van der Waals surface area contributed by atoms with E-state index in [1.54, 1.807) is 0 Å². The molecule has 0 spiro atoms. The van der Waals surface area contributed by atoms with Crippen LogP contribution in [-0.2, 0) is 4.79 Å². The Morgan fingerprint density at radius 3 is 2.50 bits per heavy atom. The highest BCUT2D eigenvalue weighted by atomic mass is 16.1. The minimum atomic E-state index is -0.411. The van der Waals surface area contributed by atoms with Crippen LogP contribution in [0, 0.1) is 0 Å². The number of carbonyl (C=O) groups excluding carboxylic acids is 1. The molecule has 80 valence electrons. The maximum atomic E-state index is 10.8. The lowest BCUT2D eigenvalue weighted by Gasteiger charge is -2.03. The first-order valence-electron chi connectivity index (χ1n) is 5.14. The van der Waals surface area contributed by atoms with Crippen LogP contribution < -0.4 is 5.73 Å². The lowest BCUT2D eigenvalue weighted by Crippen LogP contribution is -2.06. The summed E-state index contributed by atoms with van der Waals surface area (Å²) in [5, 5.41) is 2.36. The lowest BCUT2D eigenvalue weighted by molar-refractivity contribution is -0.113. The fourth-order valence-corrected chi connectivity index (χ4v) is 1.73. The van der Waals surface area contributed by atoms with Crippen molar-refractivity contribution in [3.63, 3.8) is 0 Å². The Labute approximate surface area is 94.4 Å². The number of carbonyl (C=O) groups is 1. The van der Waals surface area contributed by atoms with Gasteiger partial charge >= 0.3 is 0 Å². The molecular formula is C14H13NO. The van der Waals surface area contributed by atoms with Gasteiger partial charge in [-0.3, -0.25) is 4.79 Å². The number of fused-ring (bicyclic) bond motifs is 1. The normalized spacial score (nSPS) is 11.7. The number of benzene rings is 2. The number of amides is 1. The fourth-order valence-electron chi connectivity index (χ4n) is 1.73. The van der Waals surface area contributed by atoms with E-state index in [9.17, 15) is 4.79 Å². The first-order valence-corrected chi connectivity index (χ1v) is 5.14. The molecule has 2 N–H and O–H groups in total. The average Bonchev–Trinajstić information content (AvgIpc) is 2.27. The zero-order valence-electron chi connectivity index (χ0n) is 9.10. The average molecular weight is 211 g/mol. The van der Waals surface area contributed by atoms with Crippen LogP contribution in [0.3, 0.4) is 0 Å². The standard InChI is InChI=1S/C14H13NO/c1-10(8-14(15)16)12-7-6-11-4-2-3-5-13(11)9-12/h2-9H,1H3,(H2,15,16)/b10-8-. The van der Waals surface area contributed by atoms with Crippen LogP contribution in [0.15, 0.2) is 48.5 Å². The van der Waals surface area contributed by atoms with Gasteiger partial charge in [-0.2, -0.15) is 0 Å². The van der Waals surface area contributed by atoms with E-state index >= 15 is 0 Å². The molecule has 1 amide bonds. The second-order valence-electron chi connectivity index (χ2n) is 3.79. The van der Waals surface area contributed by atoms with Crippen molar-refractivity contribution >= 4 is 22.3 Å². The molecule has 0 atom stereocenters. The molecule has 0 aliphatic carbocycles. The van der Waals surface area contributed by atoms with Gasteiger partial charge in [0.05, 0.1) is 0 Å². The van der Waals surface area contributed by atoms with Crippen molar-refractivity contribution in [2.45, 2.75) is 6.92 Å². The van der Waals surface area contributed by atoms with Gasteiger partial charge in [0, 0.05) is 6.08 Å². The number of hydrogen-bond donors (Lipinski definition) is 1. The molecule has 0 aromatic heterocycles. The molecule has 0 radical (unpaired) electrons. The second kappa shape index (κ2) is 4.19. The van der Waals surface area contributed by atoms with Crippen LogP contribution >= 0.6 is 0 Å². The van der Waals surface area contributed by atoms with E-state index in [2.05, 4.69) is 18.2 Å². The largest absolute Gasteiger partial charge is 0.366 e. The highest BCUT2D eigenvalue weighted by molar-refractivity contribution is 5.95. The van der Waals surface area contributed by atoms with E-state index in [1.165, 1.54) is 11.5 Å². The van der Waals surface area contributed by atoms with Gasteiger partial charge < -0.3 is 5.73 Å². The van der Waals surface area contributed by atoms with Gasteiger partial charge in [0.25, 0.3) is 0 Å². The molecule has 0 heterocycles. The summed E-state index contributed by atoms with van der Waals surface area (Å²) in [7, 11) is 0. The lowest BCUT2D eigenvalue weighted by atomic mass is 10.0. The predicted molar refractivity (Wildman–Crippen MR) is 66.8 cm³/mol. The number of allylic oxidation sites excluding steroid dienone is 1. The quantitative estimate of drug-likeness (QED) is 0.762. The summed E-state index contributed by atoms with van der Waals surface area (Å²) in [5.74, 6) is -0.411. The van der Waals surface area contributed by atoms with E-state index in [1.807, 2.05) is 31.2 Å². The first kappa shape index (κ1) is 10.4. The third-order valence-corrected chi connectivity index (χ3v) is 2.56. The van der Waals surface area contributed by atoms with Gasteiger partial charge in [-0.1, -0.05) is 36.4 Å². The molecule has 0 bridgehead atoms. The number of hydrogen-bond acceptors (Lipinski definition) is 1. The molecule has 16 heavy (non-hydrogen) atoms. The monoisotopic (exact) mass is 211 g/mol. The van der Waals surface area contributed by atoms with Crippen molar-refractivity contribution in [2.24, 2.45) is 5.73 Å². The van der Waals surface area contributed by atoms with E-state index < -0.39 is 5.91 Å². The summed E-state index contributed by atoms with van der Waals surface area (Å²) in [4.78, 5) is 10.8. The number of nitrogens with two attached hydrogens (primary N) is 1. The van der Waals surface area contributed by atoms with E-state index in [-0.39, 0.29) is 0 Å². The summed E-state index contributed by atoms with van der Waals surface area (Å²) in [6.07, 6.45) is 1.45. The topological polar surface area (TPSA) is 43.1 Å². The molecule has 2 heteroatoms. The minimum absolute atomic E-state index is 0.411. The molecule has 0 unspecified atom stereocenters. The van der Waals surface area contributed by atoms with Gasteiger partial charge in [0.1, 0.15) is 0 Å². The Balaban J connectivity index is 2.51. The van der Waals surface area contributed by atoms with Crippen molar-refractivity contribution in [2.75, 3.05) is 0 Å². The molecule has 0 aliphatic rings. The van der Waals surface area contributed by atoms with Crippen LogP contribution in [-0.4, -0.2) is 5.91 Å². The zero-order valence-corrected chi connectivity index (χ0v) is 9.10. The fraction of sp³-hybridized carbons (Fsp3) is 0.0714. The van der Waals surface area contributed by atoms with E-state index in [0.29, 0.717) is 0 Å². The van der Waals surface area contributed by atoms with Crippen LogP contribution in [0.25, 0.3) is 16.3 Å². The Bertz CT molecular complexity index is 570. The predicted octanol–water partition coefficient (Wildman–Crippen LogP) is 2.73. The smallest absolute Gasteiger partial charge is 0.241 e. The van der Waals surface area contributed by atoms with Gasteiger partial charge in [-0.05, 0) is 34.9 Å². The van der Waals surface area contributed by atoms with Gasteiger partial charge in [0.2, 0.25) is 5.91 Å². The maximum Gasteiger partial charge on any atom is 0.241 e. The van der Waals surface area contributed by atoms with Crippen LogP contribution in [0.4, 0.5) is 0 Å². The SMILES string of the molecule is C/C(=C/C(N)=O)c1ccc2ccccc2c1. The van der Waals surface area contributed by atoms with Crippen molar-refractivity contribution in [1.29, 1.82) is 0 Å². The van der Waals surface area contributed by atoms with Gasteiger partial charge in [-0.15, -0.1) is 0 Å². The number of rotatable bonds is 2. The van der Waals surface area contributed by atoms with Crippen molar-refractivity contribution < 1.29 is 4.79 Å². The molecule has 0 saturated heterocycles. The summed E-state index contributed by atoms with van der Waals surface area (Å²) >= 11 is 0. The Kier molecular flexibility index (Phi) is 2.73. The van der Waals surface area contributed by atoms with Crippen LogP contribution in [0.5, 0.6) is 0 Å². The van der Waals surface area contributed by atoms with Crippen LogP contribution in [0.1, 0.15) is 12.5 Å². The van der Waals surface area contributed by atoms with Crippen molar-refractivity contribution in [3.8, 4) is 0 Å². The highest BCUT2D eigenvalue weighted by Crippen LogP contribution is 2.20. The zero-order chi connectivity index (χ0) is 11.5. The maximum absolute atomic E-state index is 10.8. The van der Waals surface area contributed by atoms with Crippen LogP contribution in [0.2, 0.25) is 0 Å².